The van der Waals surface area contributed by atoms with Gasteiger partial charge in [-0.05, 0) is 34.0 Å². The number of hydrogen-bond donors (Lipinski definition) is 0. The second-order valence-electron chi connectivity index (χ2n) is 5.86. The predicted octanol–water partition coefficient (Wildman–Crippen LogP) is 5.24. The van der Waals surface area contributed by atoms with Crippen molar-refractivity contribution < 1.29 is 4.79 Å². The van der Waals surface area contributed by atoms with Crippen LogP contribution in [-0.2, 0) is 11.3 Å². The summed E-state index contributed by atoms with van der Waals surface area (Å²) in [5.74, 6) is -0.0213. The number of benzene rings is 3. The van der Waals surface area contributed by atoms with Gasteiger partial charge in [-0.1, -0.05) is 90.7 Å². The highest BCUT2D eigenvalue weighted by atomic mass is 32.2. The minimum Gasteiger partial charge on any atom is -0.288 e. The van der Waals surface area contributed by atoms with Crippen molar-refractivity contribution in [1.29, 1.82) is 0 Å². The maximum atomic E-state index is 12.7. The molecule has 0 atom stereocenters. The molecule has 0 saturated carbocycles. The smallest absolute Gasteiger partial charge is 0.266 e. The van der Waals surface area contributed by atoms with Crippen LogP contribution in [0.5, 0.6) is 0 Å². The number of thioether (sulfide) groups is 1. The van der Waals surface area contributed by atoms with Gasteiger partial charge in [0.15, 0.2) is 0 Å². The first kappa shape index (κ1) is 16.1. The van der Waals surface area contributed by atoms with Crippen LogP contribution in [0, 0.1) is 0 Å². The summed E-state index contributed by atoms with van der Waals surface area (Å²) in [6, 6.07) is 24.3. The number of carbonyl (C=O) groups is 1. The Balaban J connectivity index is 1.60. The van der Waals surface area contributed by atoms with E-state index >= 15 is 0 Å². The first-order valence-corrected chi connectivity index (χ1v) is 9.21. The van der Waals surface area contributed by atoms with Crippen LogP contribution in [0.4, 0.5) is 0 Å². The topological polar surface area (TPSA) is 20.3 Å². The molecular formula is C21H15NOS2. The lowest BCUT2D eigenvalue weighted by Gasteiger charge is -2.14. The van der Waals surface area contributed by atoms with Crippen LogP contribution in [0.2, 0.25) is 0 Å². The molecule has 0 spiro atoms. The average molecular weight is 361 g/mol. The Morgan fingerprint density at radius 1 is 0.920 bits per heavy atom. The van der Waals surface area contributed by atoms with Crippen molar-refractivity contribution in [2.24, 2.45) is 0 Å². The molecule has 1 aliphatic rings. The van der Waals surface area contributed by atoms with Crippen molar-refractivity contribution in [3.63, 3.8) is 0 Å². The van der Waals surface area contributed by atoms with Crippen LogP contribution in [0.15, 0.2) is 77.7 Å². The Morgan fingerprint density at radius 2 is 1.64 bits per heavy atom. The summed E-state index contributed by atoms with van der Waals surface area (Å²) in [4.78, 5) is 15.1. The third-order valence-corrected chi connectivity index (χ3v) is 5.51. The fraction of sp³-hybridized carbons (Fsp3) is 0.0476. The fourth-order valence-corrected chi connectivity index (χ4v) is 4.11. The SMILES string of the molecule is O=C1/C(=C/c2ccc3ccccc3c2)SC(=S)N1Cc1ccccc1. The van der Waals surface area contributed by atoms with E-state index in [1.807, 2.05) is 54.6 Å². The Bertz CT molecular complexity index is 995. The van der Waals surface area contributed by atoms with Gasteiger partial charge in [0.2, 0.25) is 0 Å². The van der Waals surface area contributed by atoms with Gasteiger partial charge in [0, 0.05) is 0 Å². The Morgan fingerprint density at radius 3 is 2.44 bits per heavy atom. The van der Waals surface area contributed by atoms with E-state index in [9.17, 15) is 4.79 Å². The monoisotopic (exact) mass is 361 g/mol. The molecule has 1 fully saturated rings. The maximum Gasteiger partial charge on any atom is 0.266 e. The second-order valence-corrected chi connectivity index (χ2v) is 7.54. The molecule has 0 unspecified atom stereocenters. The summed E-state index contributed by atoms with van der Waals surface area (Å²) in [7, 11) is 0. The van der Waals surface area contributed by atoms with Crippen molar-refractivity contribution in [2.45, 2.75) is 6.54 Å². The zero-order valence-corrected chi connectivity index (χ0v) is 15.0. The third-order valence-electron chi connectivity index (χ3n) is 4.13. The molecule has 122 valence electrons. The normalized spacial score (nSPS) is 16.2. The maximum absolute atomic E-state index is 12.7. The molecule has 0 aromatic heterocycles. The lowest BCUT2D eigenvalue weighted by Crippen LogP contribution is -2.27. The van der Waals surface area contributed by atoms with E-state index in [2.05, 4.69) is 24.3 Å². The second kappa shape index (κ2) is 6.82. The van der Waals surface area contributed by atoms with Gasteiger partial charge in [-0.2, -0.15) is 0 Å². The molecule has 0 N–H and O–H groups in total. The van der Waals surface area contributed by atoms with Gasteiger partial charge in [0.05, 0.1) is 11.4 Å². The molecule has 2 nitrogen and oxygen atoms in total. The summed E-state index contributed by atoms with van der Waals surface area (Å²) < 4.78 is 0.612. The summed E-state index contributed by atoms with van der Waals surface area (Å²) in [5.41, 5.74) is 2.09. The molecule has 4 heteroatoms. The lowest BCUT2D eigenvalue weighted by molar-refractivity contribution is -0.122. The summed E-state index contributed by atoms with van der Waals surface area (Å²) in [6.45, 7) is 0.514. The van der Waals surface area contributed by atoms with E-state index in [0.29, 0.717) is 15.8 Å². The van der Waals surface area contributed by atoms with Crippen LogP contribution in [0.3, 0.4) is 0 Å². The molecule has 3 aromatic carbocycles. The van der Waals surface area contributed by atoms with Gasteiger partial charge in [-0.3, -0.25) is 9.69 Å². The van der Waals surface area contributed by atoms with E-state index < -0.39 is 0 Å². The molecule has 0 radical (unpaired) electrons. The van der Waals surface area contributed by atoms with Crippen molar-refractivity contribution in [1.82, 2.24) is 4.90 Å². The number of fused-ring (bicyclic) bond motifs is 1. The number of amides is 1. The molecule has 0 aliphatic carbocycles. The van der Waals surface area contributed by atoms with Crippen molar-refractivity contribution in [3.05, 3.63) is 88.8 Å². The van der Waals surface area contributed by atoms with Gasteiger partial charge in [-0.15, -0.1) is 0 Å². The highest BCUT2D eigenvalue weighted by Crippen LogP contribution is 2.34. The van der Waals surface area contributed by atoms with Crippen LogP contribution in [0.1, 0.15) is 11.1 Å². The highest BCUT2D eigenvalue weighted by molar-refractivity contribution is 8.26. The predicted molar refractivity (Wildman–Crippen MR) is 109 cm³/mol. The van der Waals surface area contributed by atoms with Crippen LogP contribution < -0.4 is 0 Å². The largest absolute Gasteiger partial charge is 0.288 e. The molecule has 1 saturated heterocycles. The van der Waals surface area contributed by atoms with Gasteiger partial charge < -0.3 is 0 Å². The minimum absolute atomic E-state index is 0.0213. The highest BCUT2D eigenvalue weighted by Gasteiger charge is 2.31. The summed E-state index contributed by atoms with van der Waals surface area (Å²) in [5, 5.41) is 2.35. The Kier molecular flexibility index (Phi) is 4.38. The third kappa shape index (κ3) is 3.36. The number of thiocarbonyl (C=S) groups is 1. The zero-order chi connectivity index (χ0) is 17.2. The summed E-state index contributed by atoms with van der Waals surface area (Å²) in [6.07, 6.45) is 1.93. The number of carbonyl (C=O) groups excluding carboxylic acids is 1. The molecule has 25 heavy (non-hydrogen) atoms. The van der Waals surface area contributed by atoms with Crippen LogP contribution in [0.25, 0.3) is 16.8 Å². The molecule has 4 rings (SSSR count). The van der Waals surface area contributed by atoms with E-state index in [0.717, 1.165) is 16.5 Å². The average Bonchev–Trinajstić information content (AvgIpc) is 2.90. The standard InChI is InChI=1S/C21H15NOS2/c23-20-19(13-16-10-11-17-8-4-5-9-18(17)12-16)25-21(24)22(20)14-15-6-2-1-3-7-15/h1-13H,14H2/b19-13-. The van der Waals surface area contributed by atoms with Crippen molar-refractivity contribution in [2.75, 3.05) is 0 Å². The van der Waals surface area contributed by atoms with Crippen LogP contribution >= 0.6 is 24.0 Å². The lowest BCUT2D eigenvalue weighted by atomic mass is 10.1. The van der Waals surface area contributed by atoms with Crippen molar-refractivity contribution in [3.8, 4) is 0 Å². The van der Waals surface area contributed by atoms with E-state index in [1.165, 1.54) is 17.1 Å². The first-order chi connectivity index (χ1) is 12.2. The molecule has 1 heterocycles. The fourth-order valence-electron chi connectivity index (χ4n) is 2.85. The van der Waals surface area contributed by atoms with Gasteiger partial charge in [0.1, 0.15) is 4.32 Å². The van der Waals surface area contributed by atoms with Crippen LogP contribution in [-0.4, -0.2) is 15.1 Å². The van der Waals surface area contributed by atoms with Crippen molar-refractivity contribution >= 4 is 51.1 Å². The van der Waals surface area contributed by atoms with E-state index in [4.69, 9.17) is 12.2 Å². The Labute approximate surface area is 156 Å². The number of rotatable bonds is 3. The van der Waals surface area contributed by atoms with Gasteiger partial charge >= 0.3 is 0 Å². The first-order valence-electron chi connectivity index (χ1n) is 7.99. The molecule has 1 aliphatic heterocycles. The van der Waals surface area contributed by atoms with Gasteiger partial charge in [0.25, 0.3) is 5.91 Å². The molecule has 1 amide bonds. The number of hydrogen-bond acceptors (Lipinski definition) is 3. The zero-order valence-electron chi connectivity index (χ0n) is 13.4. The molecule has 0 bridgehead atoms. The summed E-state index contributed by atoms with van der Waals surface area (Å²) >= 11 is 6.78. The quantitative estimate of drug-likeness (QED) is 0.470. The minimum atomic E-state index is -0.0213. The molecular weight excluding hydrogens is 346 g/mol. The van der Waals surface area contributed by atoms with E-state index in [1.54, 1.807) is 4.90 Å². The van der Waals surface area contributed by atoms with Gasteiger partial charge in [-0.25, -0.2) is 0 Å². The molecule has 3 aromatic rings. The number of nitrogens with zero attached hydrogens (tertiary/aromatic N) is 1. The van der Waals surface area contributed by atoms with E-state index in [-0.39, 0.29) is 5.91 Å². The Hall–Kier alpha value is -2.43.